The molecule has 1 heterocycles. The van der Waals surface area contributed by atoms with Crippen molar-refractivity contribution >= 4 is 11.0 Å². The Kier molecular flexibility index (Phi) is 2.73. The lowest BCUT2D eigenvalue weighted by Gasteiger charge is -2.02. The zero-order chi connectivity index (χ0) is 12.4. The van der Waals surface area contributed by atoms with Crippen LogP contribution in [0.1, 0.15) is 12.5 Å². The van der Waals surface area contributed by atoms with Crippen LogP contribution < -0.4 is 4.74 Å². The van der Waals surface area contributed by atoms with Gasteiger partial charge in [-0.05, 0) is 36.2 Å². The van der Waals surface area contributed by atoms with E-state index in [9.17, 15) is 0 Å². The van der Waals surface area contributed by atoms with E-state index in [-0.39, 0.29) is 0 Å². The number of benzene rings is 2. The summed E-state index contributed by atoms with van der Waals surface area (Å²) < 4.78 is 5.70. The highest BCUT2D eigenvalue weighted by Gasteiger charge is 2.03. The molecule has 2 aromatic carbocycles. The Balaban J connectivity index is 1.86. The number of fused-ring (bicyclic) bond motifs is 1. The lowest BCUT2D eigenvalue weighted by Crippen LogP contribution is -1.86. The summed E-state index contributed by atoms with van der Waals surface area (Å²) in [5.74, 6) is 0.797. The smallest absolute Gasteiger partial charge is 0.300 e. The van der Waals surface area contributed by atoms with E-state index in [2.05, 4.69) is 29.0 Å². The van der Waals surface area contributed by atoms with E-state index in [1.54, 1.807) is 0 Å². The van der Waals surface area contributed by atoms with Gasteiger partial charge in [-0.2, -0.15) is 4.98 Å². The largest absolute Gasteiger partial charge is 0.426 e. The predicted molar refractivity (Wildman–Crippen MR) is 72.0 cm³/mol. The van der Waals surface area contributed by atoms with Gasteiger partial charge in [0.05, 0.1) is 11.0 Å². The number of hydrogen-bond donors (Lipinski definition) is 1. The molecule has 1 aromatic heterocycles. The average molecular weight is 238 g/mol. The van der Waals surface area contributed by atoms with Crippen LogP contribution in [0.15, 0.2) is 48.5 Å². The number of H-pyrrole nitrogens is 1. The molecule has 0 spiro atoms. The first kappa shape index (κ1) is 10.8. The summed E-state index contributed by atoms with van der Waals surface area (Å²) in [4.78, 5) is 7.51. The molecule has 0 bridgehead atoms. The maximum Gasteiger partial charge on any atom is 0.300 e. The lowest BCUT2D eigenvalue weighted by atomic mass is 10.2. The molecule has 0 saturated carbocycles. The molecule has 3 heteroatoms. The van der Waals surface area contributed by atoms with E-state index in [1.807, 2.05) is 36.4 Å². The average Bonchev–Trinajstić information content (AvgIpc) is 2.82. The lowest BCUT2D eigenvalue weighted by molar-refractivity contribution is 0.449. The van der Waals surface area contributed by atoms with Crippen molar-refractivity contribution in [2.45, 2.75) is 13.3 Å². The van der Waals surface area contributed by atoms with Gasteiger partial charge in [0.2, 0.25) is 0 Å². The monoisotopic (exact) mass is 238 g/mol. The highest BCUT2D eigenvalue weighted by molar-refractivity contribution is 5.75. The van der Waals surface area contributed by atoms with Crippen molar-refractivity contribution in [3.63, 3.8) is 0 Å². The minimum absolute atomic E-state index is 0.528. The Labute approximate surface area is 105 Å². The van der Waals surface area contributed by atoms with Gasteiger partial charge in [0.1, 0.15) is 5.75 Å². The minimum atomic E-state index is 0.528. The third-order valence-corrected chi connectivity index (χ3v) is 2.91. The molecule has 3 rings (SSSR count). The van der Waals surface area contributed by atoms with Crippen molar-refractivity contribution in [2.24, 2.45) is 0 Å². The maximum absolute atomic E-state index is 5.70. The summed E-state index contributed by atoms with van der Waals surface area (Å²) in [6.07, 6.45) is 1.03. The fourth-order valence-electron chi connectivity index (χ4n) is 1.88. The zero-order valence-corrected chi connectivity index (χ0v) is 10.2. The summed E-state index contributed by atoms with van der Waals surface area (Å²) in [5, 5.41) is 0. The highest BCUT2D eigenvalue weighted by atomic mass is 16.5. The van der Waals surface area contributed by atoms with E-state index < -0.39 is 0 Å². The quantitative estimate of drug-likeness (QED) is 0.751. The number of para-hydroxylation sites is 2. The molecule has 90 valence electrons. The summed E-state index contributed by atoms with van der Waals surface area (Å²) >= 11 is 0. The molecular formula is C15H14N2O. The summed E-state index contributed by atoms with van der Waals surface area (Å²) in [7, 11) is 0. The second-order valence-electron chi connectivity index (χ2n) is 4.16. The van der Waals surface area contributed by atoms with Gasteiger partial charge in [-0.3, -0.25) is 0 Å². The van der Waals surface area contributed by atoms with Crippen LogP contribution in [-0.4, -0.2) is 9.97 Å². The Morgan fingerprint density at radius 3 is 2.56 bits per heavy atom. The maximum atomic E-state index is 5.70. The third kappa shape index (κ3) is 2.07. The van der Waals surface area contributed by atoms with Gasteiger partial charge in [-0.1, -0.05) is 31.2 Å². The minimum Gasteiger partial charge on any atom is -0.426 e. The van der Waals surface area contributed by atoms with Crippen LogP contribution in [0.2, 0.25) is 0 Å². The third-order valence-electron chi connectivity index (χ3n) is 2.91. The van der Waals surface area contributed by atoms with Crippen molar-refractivity contribution in [3.8, 4) is 11.8 Å². The Morgan fingerprint density at radius 1 is 1.06 bits per heavy atom. The molecule has 0 aliphatic rings. The van der Waals surface area contributed by atoms with Crippen LogP contribution >= 0.6 is 0 Å². The van der Waals surface area contributed by atoms with Crippen molar-refractivity contribution < 1.29 is 4.74 Å². The molecular weight excluding hydrogens is 224 g/mol. The topological polar surface area (TPSA) is 37.9 Å². The summed E-state index contributed by atoms with van der Waals surface area (Å²) in [5.41, 5.74) is 3.20. The molecule has 0 radical (unpaired) electrons. The highest BCUT2D eigenvalue weighted by Crippen LogP contribution is 2.22. The van der Waals surface area contributed by atoms with E-state index in [0.717, 1.165) is 23.2 Å². The predicted octanol–water partition coefficient (Wildman–Crippen LogP) is 3.92. The first-order valence-corrected chi connectivity index (χ1v) is 6.06. The van der Waals surface area contributed by atoms with E-state index in [0.29, 0.717) is 6.01 Å². The number of hydrogen-bond acceptors (Lipinski definition) is 2. The first-order valence-electron chi connectivity index (χ1n) is 6.06. The second kappa shape index (κ2) is 4.53. The molecule has 0 unspecified atom stereocenters. The van der Waals surface area contributed by atoms with Gasteiger partial charge in [-0.15, -0.1) is 0 Å². The van der Waals surface area contributed by atoms with Crippen LogP contribution in [0.5, 0.6) is 11.8 Å². The van der Waals surface area contributed by atoms with Crippen molar-refractivity contribution in [1.29, 1.82) is 0 Å². The van der Waals surface area contributed by atoms with Gasteiger partial charge < -0.3 is 9.72 Å². The standard InChI is InChI=1S/C15H14N2O/c1-2-11-7-9-12(10-8-11)18-15-16-13-5-3-4-6-14(13)17-15/h3-10H,2H2,1H3,(H,16,17). The molecule has 0 aliphatic heterocycles. The molecule has 0 aliphatic carbocycles. The molecule has 3 nitrogen and oxygen atoms in total. The molecule has 3 aromatic rings. The van der Waals surface area contributed by atoms with Gasteiger partial charge in [0.25, 0.3) is 6.01 Å². The fourth-order valence-corrected chi connectivity index (χ4v) is 1.88. The van der Waals surface area contributed by atoms with E-state index in [4.69, 9.17) is 4.74 Å². The SMILES string of the molecule is CCc1ccc(Oc2nc3ccccc3[nH]2)cc1. The van der Waals surface area contributed by atoms with Crippen LogP contribution in [0, 0.1) is 0 Å². The van der Waals surface area contributed by atoms with E-state index in [1.165, 1.54) is 5.56 Å². The Morgan fingerprint density at radius 2 is 1.83 bits per heavy atom. The number of nitrogens with zero attached hydrogens (tertiary/aromatic N) is 1. The Hall–Kier alpha value is -2.29. The molecule has 1 N–H and O–H groups in total. The number of ether oxygens (including phenoxy) is 1. The molecule has 0 saturated heterocycles. The van der Waals surface area contributed by atoms with Crippen molar-refractivity contribution in [2.75, 3.05) is 0 Å². The molecule has 0 amide bonds. The van der Waals surface area contributed by atoms with Crippen molar-refractivity contribution in [1.82, 2.24) is 9.97 Å². The number of nitrogens with one attached hydrogen (secondary N) is 1. The summed E-state index contributed by atoms with van der Waals surface area (Å²) in [6.45, 7) is 2.13. The van der Waals surface area contributed by atoms with Crippen LogP contribution in [-0.2, 0) is 6.42 Å². The van der Waals surface area contributed by atoms with Crippen molar-refractivity contribution in [3.05, 3.63) is 54.1 Å². The van der Waals surface area contributed by atoms with Gasteiger partial charge in [-0.25, -0.2) is 0 Å². The first-order chi connectivity index (χ1) is 8.85. The van der Waals surface area contributed by atoms with Gasteiger partial charge in [0.15, 0.2) is 0 Å². The zero-order valence-electron chi connectivity index (χ0n) is 10.2. The fraction of sp³-hybridized carbons (Fsp3) is 0.133. The van der Waals surface area contributed by atoms with Gasteiger partial charge in [0, 0.05) is 0 Å². The molecule has 0 fully saturated rings. The molecule has 18 heavy (non-hydrogen) atoms. The number of aryl methyl sites for hydroxylation is 1. The van der Waals surface area contributed by atoms with Gasteiger partial charge >= 0.3 is 0 Å². The van der Waals surface area contributed by atoms with Crippen LogP contribution in [0.3, 0.4) is 0 Å². The number of imidazole rings is 1. The normalized spacial score (nSPS) is 10.7. The second-order valence-corrected chi connectivity index (χ2v) is 4.16. The number of aromatic nitrogens is 2. The summed E-state index contributed by atoms with van der Waals surface area (Å²) in [6, 6.07) is 16.5. The van der Waals surface area contributed by atoms with Crippen LogP contribution in [0.25, 0.3) is 11.0 Å². The Bertz CT molecular complexity index is 623. The molecule has 0 atom stereocenters. The number of aromatic amines is 1. The van der Waals surface area contributed by atoms with Crippen LogP contribution in [0.4, 0.5) is 0 Å². The van der Waals surface area contributed by atoms with E-state index >= 15 is 0 Å². The number of rotatable bonds is 3.